The number of ether oxygens (including phenoxy) is 2. The quantitative estimate of drug-likeness (QED) is 0.219. The summed E-state index contributed by atoms with van der Waals surface area (Å²) in [5.41, 5.74) is -0.446. The second kappa shape index (κ2) is 17.2. The van der Waals surface area contributed by atoms with Gasteiger partial charge in [-0.2, -0.15) is 26.3 Å². The molecule has 0 aliphatic heterocycles. The minimum absolute atomic E-state index is 0. The van der Waals surface area contributed by atoms with Gasteiger partial charge >= 0.3 is 50.1 Å². The van der Waals surface area contributed by atoms with Crippen LogP contribution in [0.4, 0.5) is 26.3 Å². The first-order valence-electron chi connectivity index (χ1n) is 10.5. The van der Waals surface area contributed by atoms with Gasteiger partial charge < -0.3 is 29.3 Å². The molecule has 37 heavy (non-hydrogen) atoms. The fraction of sp³-hybridized carbons (Fsp3) is 0.455. The molecule has 15 heteroatoms. The van der Waals surface area contributed by atoms with E-state index in [-0.39, 0.29) is 88.0 Å². The summed E-state index contributed by atoms with van der Waals surface area (Å²) in [5.74, 6) is -2.17. The first-order valence-corrected chi connectivity index (χ1v) is 10.5. The van der Waals surface area contributed by atoms with Gasteiger partial charge in [-0.3, -0.25) is 9.97 Å². The molecule has 0 atom stereocenters. The van der Waals surface area contributed by atoms with Crippen molar-refractivity contribution >= 4 is 49.7 Å². The summed E-state index contributed by atoms with van der Waals surface area (Å²) in [6.45, 7) is 0.255. The van der Waals surface area contributed by atoms with Crippen molar-refractivity contribution in [1.29, 1.82) is 0 Å². The van der Waals surface area contributed by atoms with Crippen LogP contribution in [0.2, 0.25) is 0 Å². The predicted molar refractivity (Wildman–Crippen MR) is 114 cm³/mol. The Labute approximate surface area is 238 Å². The van der Waals surface area contributed by atoms with Gasteiger partial charge in [0, 0.05) is 12.8 Å². The summed E-state index contributed by atoms with van der Waals surface area (Å²) in [4.78, 5) is 27.9. The monoisotopic (exact) mass is 564 g/mol. The number of carbonyl (C=O) groups excluding carboxylic acids is 2. The SMILES string of the molecule is O=C([O-])c1ccc(OCCCCC(F)(F)F)cn1.O=C([O-])c1ccc(OCCCCC(F)(F)F)cn1.[Ca+2]. The van der Waals surface area contributed by atoms with E-state index in [4.69, 9.17) is 9.47 Å². The molecule has 0 saturated carbocycles. The average Bonchev–Trinajstić information content (AvgIpc) is 2.78. The number of hydrogen-bond acceptors (Lipinski definition) is 8. The van der Waals surface area contributed by atoms with E-state index in [1.807, 2.05) is 0 Å². The molecule has 0 radical (unpaired) electrons. The van der Waals surface area contributed by atoms with E-state index in [9.17, 15) is 46.1 Å². The van der Waals surface area contributed by atoms with E-state index in [0.717, 1.165) is 0 Å². The van der Waals surface area contributed by atoms with Crippen LogP contribution in [0.25, 0.3) is 0 Å². The van der Waals surface area contributed by atoms with Crippen LogP contribution in [-0.4, -0.2) is 85.2 Å². The molecule has 0 aliphatic carbocycles. The molecule has 0 saturated heterocycles. The Kier molecular flexibility index (Phi) is 16.2. The molecule has 0 aromatic carbocycles. The maximum absolute atomic E-state index is 11.8. The van der Waals surface area contributed by atoms with Gasteiger partial charge in [-0.25, -0.2) is 0 Å². The van der Waals surface area contributed by atoms with Gasteiger partial charge in [-0.1, -0.05) is 0 Å². The Bertz CT molecular complexity index is 863. The number of rotatable bonds is 12. The first kappa shape index (κ1) is 34.7. The molecule has 200 valence electrons. The van der Waals surface area contributed by atoms with E-state index in [1.165, 1.54) is 36.7 Å². The van der Waals surface area contributed by atoms with Gasteiger partial charge in [-0.05, 0) is 49.9 Å². The molecular formula is C22H22CaF6N2O6. The number of aromatic carboxylic acids is 2. The first-order chi connectivity index (χ1) is 16.8. The van der Waals surface area contributed by atoms with Crippen LogP contribution in [0.5, 0.6) is 11.5 Å². The summed E-state index contributed by atoms with van der Waals surface area (Å²) in [6.07, 6.45) is -7.05. The number of carboxylic acid groups (broad SMARTS) is 2. The predicted octanol–water partition coefficient (Wildman–Crippen LogP) is 2.73. The summed E-state index contributed by atoms with van der Waals surface area (Å²) in [7, 11) is 0. The third-order valence-electron chi connectivity index (χ3n) is 4.14. The van der Waals surface area contributed by atoms with Crippen molar-refractivity contribution in [3.63, 3.8) is 0 Å². The van der Waals surface area contributed by atoms with Crippen molar-refractivity contribution < 1.29 is 55.6 Å². The average molecular weight is 564 g/mol. The van der Waals surface area contributed by atoms with Gasteiger partial charge in [0.15, 0.2) is 0 Å². The summed E-state index contributed by atoms with van der Waals surface area (Å²) in [6, 6.07) is 5.17. The number of aromatic nitrogens is 2. The van der Waals surface area contributed by atoms with Gasteiger partial charge in [0.1, 0.15) is 11.5 Å². The van der Waals surface area contributed by atoms with Gasteiger partial charge in [-0.15, -0.1) is 0 Å². The number of pyridine rings is 2. The molecule has 0 bridgehead atoms. The molecule has 2 rings (SSSR count). The number of nitrogens with zero attached hydrogens (tertiary/aromatic N) is 2. The smallest absolute Gasteiger partial charge is 0.543 e. The van der Waals surface area contributed by atoms with Gasteiger partial charge in [0.05, 0.1) is 48.9 Å². The summed E-state index contributed by atoms with van der Waals surface area (Å²) >= 11 is 0. The Hall–Kier alpha value is -2.32. The van der Waals surface area contributed by atoms with Crippen LogP contribution in [0.15, 0.2) is 36.7 Å². The van der Waals surface area contributed by atoms with Crippen LogP contribution < -0.4 is 19.7 Å². The maximum atomic E-state index is 11.8. The maximum Gasteiger partial charge on any atom is 2.00 e. The van der Waals surface area contributed by atoms with Crippen LogP contribution in [-0.2, 0) is 0 Å². The zero-order valence-corrected chi connectivity index (χ0v) is 21.6. The van der Waals surface area contributed by atoms with Crippen molar-refractivity contribution in [3.8, 4) is 11.5 Å². The fourth-order valence-corrected chi connectivity index (χ4v) is 2.41. The van der Waals surface area contributed by atoms with E-state index >= 15 is 0 Å². The van der Waals surface area contributed by atoms with Crippen LogP contribution in [0.3, 0.4) is 0 Å². The Morgan fingerprint density at radius 2 is 1.03 bits per heavy atom. The molecule has 0 spiro atoms. The molecule has 2 heterocycles. The normalized spacial score (nSPS) is 11.0. The van der Waals surface area contributed by atoms with Crippen LogP contribution in [0.1, 0.15) is 59.5 Å². The number of halogens is 6. The van der Waals surface area contributed by atoms with E-state index in [1.54, 1.807) is 0 Å². The number of alkyl halides is 6. The van der Waals surface area contributed by atoms with Crippen molar-refractivity contribution in [3.05, 3.63) is 48.0 Å². The third-order valence-corrected chi connectivity index (χ3v) is 4.14. The topological polar surface area (TPSA) is 124 Å². The molecule has 0 N–H and O–H groups in total. The van der Waals surface area contributed by atoms with Gasteiger partial charge in [0.25, 0.3) is 0 Å². The number of carbonyl (C=O) groups is 2. The van der Waals surface area contributed by atoms with Gasteiger partial charge in [0.2, 0.25) is 0 Å². The largest absolute Gasteiger partial charge is 2.00 e. The summed E-state index contributed by atoms with van der Waals surface area (Å²) in [5, 5.41) is 20.8. The molecule has 0 fully saturated rings. The number of unbranched alkanes of at least 4 members (excludes halogenated alkanes) is 2. The van der Waals surface area contributed by atoms with Crippen LogP contribution in [0, 0.1) is 0 Å². The zero-order chi connectivity index (χ0) is 27.2. The number of hydrogen-bond donors (Lipinski definition) is 0. The number of carboxylic acids is 2. The molecule has 0 aliphatic rings. The molecule has 0 amide bonds. The summed E-state index contributed by atoms with van der Waals surface area (Å²) < 4.78 is 81.1. The van der Waals surface area contributed by atoms with E-state index in [2.05, 4.69) is 9.97 Å². The zero-order valence-electron chi connectivity index (χ0n) is 19.4. The molecular weight excluding hydrogens is 542 g/mol. The third kappa shape index (κ3) is 17.7. The van der Waals surface area contributed by atoms with Crippen molar-refractivity contribution in [1.82, 2.24) is 9.97 Å². The van der Waals surface area contributed by atoms with E-state index in [0.29, 0.717) is 11.5 Å². The minimum Gasteiger partial charge on any atom is -0.543 e. The standard InChI is InChI=1S/2C11H12F3NO3.Ca/c2*12-11(13,14)5-1-2-6-18-8-3-4-9(10(16)17)15-7-8;/h2*3-4,7H,1-2,5-6H2,(H,16,17);/q;;+2/p-2. The van der Waals surface area contributed by atoms with Crippen LogP contribution >= 0.6 is 0 Å². The Morgan fingerprint density at radius 3 is 1.27 bits per heavy atom. The van der Waals surface area contributed by atoms with Crippen molar-refractivity contribution in [2.45, 2.75) is 50.9 Å². The molecule has 2 aromatic heterocycles. The van der Waals surface area contributed by atoms with Crippen molar-refractivity contribution in [2.75, 3.05) is 13.2 Å². The molecule has 2 aromatic rings. The Balaban J connectivity index is 0.000000682. The second-order valence-corrected chi connectivity index (χ2v) is 7.17. The fourth-order valence-electron chi connectivity index (χ4n) is 2.41. The molecule has 0 unspecified atom stereocenters. The Morgan fingerprint density at radius 1 is 0.676 bits per heavy atom. The molecule has 8 nitrogen and oxygen atoms in total. The minimum atomic E-state index is -4.14. The van der Waals surface area contributed by atoms with Crippen molar-refractivity contribution in [2.24, 2.45) is 0 Å². The second-order valence-electron chi connectivity index (χ2n) is 7.17. The van der Waals surface area contributed by atoms with E-state index < -0.39 is 37.1 Å².